The third-order valence-corrected chi connectivity index (χ3v) is 5.90. The summed E-state index contributed by atoms with van der Waals surface area (Å²) in [5.74, 6) is -1.00. The number of ketones is 1. The fraction of sp³-hybridized carbons (Fsp3) is 0.207. The number of nitrogens with zero attached hydrogens (tertiary/aromatic N) is 2. The lowest BCUT2D eigenvalue weighted by Crippen LogP contribution is -2.29. The molecule has 7 heteroatoms. The van der Waals surface area contributed by atoms with Crippen molar-refractivity contribution in [2.24, 2.45) is 0 Å². The zero-order valence-corrected chi connectivity index (χ0v) is 20.3. The summed E-state index contributed by atoms with van der Waals surface area (Å²) in [4.78, 5) is 28.1. The lowest BCUT2D eigenvalue weighted by Gasteiger charge is -2.26. The van der Waals surface area contributed by atoms with Gasteiger partial charge in [-0.2, -0.15) is 5.26 Å². The van der Waals surface area contributed by atoms with Crippen LogP contribution in [0.1, 0.15) is 42.1 Å². The summed E-state index contributed by atoms with van der Waals surface area (Å²) in [5, 5.41) is 20.7. The van der Waals surface area contributed by atoms with E-state index in [0.29, 0.717) is 41.5 Å². The monoisotopic (exact) mass is 482 g/mol. The molecule has 1 atom stereocenters. The maximum atomic E-state index is 13.4. The fourth-order valence-corrected chi connectivity index (χ4v) is 4.33. The quantitative estimate of drug-likeness (QED) is 0.279. The van der Waals surface area contributed by atoms with Gasteiger partial charge in [-0.25, -0.2) is 0 Å². The standard InChI is InChI=1S/C29H26N2O5/c1-4-35-22-13-14-23(24(16-22)36-5-2)27(32)25-26(20-8-6-7-18(3)15-20)31(29(34)28(25)33)21-11-9-19(17-30)10-12-21/h6-16,26,32H,4-5H2,1-3H3/b27-25-. The second kappa shape index (κ2) is 10.4. The first kappa shape index (κ1) is 24.6. The Hall–Kier alpha value is -4.57. The zero-order chi connectivity index (χ0) is 25.8. The number of aliphatic hydroxyl groups excluding tert-OH is 1. The third-order valence-electron chi connectivity index (χ3n) is 5.90. The van der Waals surface area contributed by atoms with Crippen LogP contribution < -0.4 is 14.4 Å². The van der Waals surface area contributed by atoms with Gasteiger partial charge in [0.05, 0.1) is 42.0 Å². The third kappa shape index (κ3) is 4.53. The van der Waals surface area contributed by atoms with E-state index in [2.05, 4.69) is 6.07 Å². The Morgan fingerprint density at radius 2 is 1.72 bits per heavy atom. The Kier molecular flexibility index (Phi) is 7.07. The van der Waals surface area contributed by atoms with Crippen LogP contribution in [-0.4, -0.2) is 30.0 Å². The van der Waals surface area contributed by atoms with Crippen molar-refractivity contribution in [3.8, 4) is 17.6 Å². The van der Waals surface area contributed by atoms with E-state index in [9.17, 15) is 14.7 Å². The number of carbonyl (C=O) groups excluding carboxylic acids is 2. The van der Waals surface area contributed by atoms with Crippen LogP contribution in [0.15, 0.2) is 72.3 Å². The number of aryl methyl sites for hydroxylation is 1. The molecule has 0 spiro atoms. The van der Waals surface area contributed by atoms with Crippen molar-refractivity contribution in [2.75, 3.05) is 18.1 Å². The van der Waals surface area contributed by atoms with E-state index in [1.807, 2.05) is 45.0 Å². The molecule has 0 aliphatic carbocycles. The molecule has 36 heavy (non-hydrogen) atoms. The molecule has 0 aromatic heterocycles. The average Bonchev–Trinajstić information content (AvgIpc) is 3.14. The summed E-state index contributed by atoms with van der Waals surface area (Å²) in [7, 11) is 0. The topological polar surface area (TPSA) is 99.9 Å². The summed E-state index contributed by atoms with van der Waals surface area (Å²) in [6.45, 7) is 6.38. The van der Waals surface area contributed by atoms with Gasteiger partial charge >= 0.3 is 0 Å². The first-order valence-corrected chi connectivity index (χ1v) is 11.7. The first-order chi connectivity index (χ1) is 17.4. The molecule has 1 fully saturated rings. The van der Waals surface area contributed by atoms with E-state index in [4.69, 9.17) is 14.7 Å². The fourth-order valence-electron chi connectivity index (χ4n) is 4.33. The molecule has 182 valence electrons. The highest BCUT2D eigenvalue weighted by Crippen LogP contribution is 2.43. The largest absolute Gasteiger partial charge is 0.507 e. The van der Waals surface area contributed by atoms with Gasteiger partial charge in [0.25, 0.3) is 11.7 Å². The highest BCUT2D eigenvalue weighted by atomic mass is 16.5. The molecule has 3 aromatic rings. The first-order valence-electron chi connectivity index (χ1n) is 11.7. The SMILES string of the molecule is CCOc1ccc(/C(O)=C2/C(=O)C(=O)N(c3ccc(C#N)cc3)C2c2cccc(C)c2)c(OCC)c1. The maximum absolute atomic E-state index is 13.4. The molecule has 1 N–H and O–H groups in total. The minimum Gasteiger partial charge on any atom is -0.507 e. The van der Waals surface area contributed by atoms with Crippen LogP contribution in [0.25, 0.3) is 5.76 Å². The number of nitriles is 1. The van der Waals surface area contributed by atoms with E-state index in [1.165, 1.54) is 4.90 Å². The second-order valence-electron chi connectivity index (χ2n) is 8.27. The van der Waals surface area contributed by atoms with E-state index in [1.54, 1.807) is 42.5 Å². The van der Waals surface area contributed by atoms with E-state index < -0.39 is 17.7 Å². The Labute approximate surface area is 209 Å². The molecular formula is C29H26N2O5. The number of ether oxygens (including phenoxy) is 2. The number of hydrogen-bond donors (Lipinski definition) is 1. The lowest BCUT2D eigenvalue weighted by atomic mass is 9.94. The summed E-state index contributed by atoms with van der Waals surface area (Å²) in [6.07, 6.45) is 0. The number of rotatable bonds is 7. The molecule has 7 nitrogen and oxygen atoms in total. The van der Waals surface area contributed by atoms with Gasteiger partial charge in [-0.15, -0.1) is 0 Å². The minimum absolute atomic E-state index is 0.0416. The second-order valence-corrected chi connectivity index (χ2v) is 8.27. The molecule has 4 rings (SSSR count). The van der Waals surface area contributed by atoms with E-state index >= 15 is 0 Å². The smallest absolute Gasteiger partial charge is 0.300 e. The summed E-state index contributed by atoms with van der Waals surface area (Å²) < 4.78 is 11.3. The Bertz CT molecular complexity index is 1390. The van der Waals surface area contributed by atoms with Gasteiger partial charge in [0, 0.05) is 11.8 Å². The van der Waals surface area contributed by atoms with Crippen molar-refractivity contribution in [1.82, 2.24) is 0 Å². The molecule has 1 heterocycles. The summed E-state index contributed by atoms with van der Waals surface area (Å²) in [6, 6.07) is 20.0. The molecule has 3 aromatic carbocycles. The van der Waals surface area contributed by atoms with E-state index in [0.717, 1.165) is 5.56 Å². The molecule has 1 aliphatic rings. The van der Waals surface area contributed by atoms with Crippen molar-refractivity contribution in [2.45, 2.75) is 26.8 Å². The number of hydrogen-bond acceptors (Lipinski definition) is 6. The van der Waals surface area contributed by atoms with Crippen LogP contribution in [0, 0.1) is 18.3 Å². The molecular weight excluding hydrogens is 456 g/mol. The number of carbonyl (C=O) groups is 2. The zero-order valence-electron chi connectivity index (χ0n) is 20.3. The molecule has 1 unspecified atom stereocenters. The van der Waals surface area contributed by atoms with Crippen molar-refractivity contribution in [3.05, 3.63) is 94.6 Å². The van der Waals surface area contributed by atoms with Crippen molar-refractivity contribution in [1.29, 1.82) is 5.26 Å². The van der Waals surface area contributed by atoms with E-state index in [-0.39, 0.29) is 16.9 Å². The van der Waals surface area contributed by atoms with Gasteiger partial charge in [-0.1, -0.05) is 29.8 Å². The van der Waals surface area contributed by atoms with Crippen LogP contribution in [-0.2, 0) is 9.59 Å². The van der Waals surface area contributed by atoms with Crippen LogP contribution in [0.5, 0.6) is 11.5 Å². The predicted molar refractivity (Wildman–Crippen MR) is 136 cm³/mol. The van der Waals surface area contributed by atoms with Gasteiger partial charge in [0.2, 0.25) is 0 Å². The predicted octanol–water partition coefficient (Wildman–Crippen LogP) is 5.29. The molecule has 1 aliphatic heterocycles. The van der Waals surface area contributed by atoms with Crippen molar-refractivity contribution < 1.29 is 24.2 Å². The van der Waals surface area contributed by atoms with Crippen molar-refractivity contribution >= 4 is 23.1 Å². The molecule has 1 saturated heterocycles. The summed E-state index contributed by atoms with van der Waals surface area (Å²) >= 11 is 0. The Morgan fingerprint density at radius 1 is 1.00 bits per heavy atom. The highest BCUT2D eigenvalue weighted by Gasteiger charge is 2.47. The normalized spacial score (nSPS) is 16.6. The molecule has 1 amide bonds. The number of Topliss-reactive ketones (excluding diaryl/α,β-unsaturated/α-hetero) is 1. The van der Waals surface area contributed by atoms with Gasteiger partial charge < -0.3 is 14.6 Å². The van der Waals surface area contributed by atoms with Crippen molar-refractivity contribution in [3.63, 3.8) is 0 Å². The Morgan fingerprint density at radius 3 is 2.36 bits per heavy atom. The number of aliphatic hydroxyl groups is 1. The average molecular weight is 483 g/mol. The Balaban J connectivity index is 1.94. The number of benzene rings is 3. The number of anilines is 1. The lowest BCUT2D eigenvalue weighted by molar-refractivity contribution is -0.132. The molecule has 0 radical (unpaired) electrons. The van der Waals surface area contributed by atoms with Gasteiger partial charge in [-0.3, -0.25) is 14.5 Å². The maximum Gasteiger partial charge on any atom is 0.300 e. The van der Waals surface area contributed by atoms with Crippen LogP contribution in [0.3, 0.4) is 0 Å². The highest BCUT2D eigenvalue weighted by molar-refractivity contribution is 6.51. The summed E-state index contributed by atoms with van der Waals surface area (Å²) in [5.41, 5.74) is 2.73. The van der Waals surface area contributed by atoms with Crippen LogP contribution in [0.4, 0.5) is 5.69 Å². The van der Waals surface area contributed by atoms with Crippen LogP contribution in [0.2, 0.25) is 0 Å². The van der Waals surface area contributed by atoms with Crippen LogP contribution >= 0.6 is 0 Å². The minimum atomic E-state index is -0.876. The number of amides is 1. The van der Waals surface area contributed by atoms with Gasteiger partial charge in [0.1, 0.15) is 17.3 Å². The molecule has 0 bridgehead atoms. The van der Waals surface area contributed by atoms with Gasteiger partial charge in [0.15, 0.2) is 0 Å². The molecule has 0 saturated carbocycles. The van der Waals surface area contributed by atoms with Gasteiger partial charge in [-0.05, 0) is 62.7 Å².